The van der Waals surface area contributed by atoms with Crippen LogP contribution < -0.4 is 0 Å². The molecule has 0 unspecified atom stereocenters. The number of phenolic OH excluding ortho intramolecular Hbond substituents is 1. The standard InChI is InChI=1S/C19H22N4OS/c24-16-4-2-1-3-15(16)11-20-23-17(21-22-18(23)25)19-8-12-5-13(9-19)7-14(6-12)10-19/h1-4,11-14,24H,5-10H2,(H,22,25)/b20-11+. The van der Waals surface area contributed by atoms with Crippen LogP contribution in [-0.4, -0.2) is 26.2 Å². The molecule has 4 aliphatic rings. The van der Waals surface area contributed by atoms with Gasteiger partial charge in [-0.1, -0.05) is 12.1 Å². The van der Waals surface area contributed by atoms with Gasteiger partial charge in [-0.05, 0) is 80.6 Å². The van der Waals surface area contributed by atoms with Gasteiger partial charge in [-0.15, -0.1) is 0 Å². The molecule has 4 aliphatic carbocycles. The number of hydrogen-bond acceptors (Lipinski definition) is 4. The van der Waals surface area contributed by atoms with Crippen LogP contribution in [-0.2, 0) is 5.41 Å². The van der Waals surface area contributed by atoms with Gasteiger partial charge >= 0.3 is 0 Å². The van der Waals surface area contributed by atoms with Crippen LogP contribution in [0.1, 0.15) is 49.9 Å². The Morgan fingerprint density at radius 3 is 2.44 bits per heavy atom. The van der Waals surface area contributed by atoms with Crippen molar-refractivity contribution in [2.24, 2.45) is 22.9 Å². The lowest BCUT2D eigenvalue weighted by Crippen LogP contribution is -2.49. The van der Waals surface area contributed by atoms with E-state index in [1.54, 1.807) is 23.0 Å². The lowest BCUT2D eigenvalue weighted by molar-refractivity contribution is -0.0109. The summed E-state index contributed by atoms with van der Waals surface area (Å²) in [6.45, 7) is 0. The molecule has 0 radical (unpaired) electrons. The van der Waals surface area contributed by atoms with E-state index in [0.29, 0.717) is 10.3 Å². The highest BCUT2D eigenvalue weighted by molar-refractivity contribution is 7.71. The zero-order valence-corrected chi connectivity index (χ0v) is 14.9. The Bertz CT molecular complexity index is 862. The van der Waals surface area contributed by atoms with Crippen molar-refractivity contribution in [3.63, 3.8) is 0 Å². The number of rotatable bonds is 3. The third kappa shape index (κ3) is 2.46. The van der Waals surface area contributed by atoms with E-state index in [1.807, 2.05) is 12.1 Å². The van der Waals surface area contributed by atoms with Gasteiger partial charge in [0.25, 0.3) is 0 Å². The molecule has 5 nitrogen and oxygen atoms in total. The van der Waals surface area contributed by atoms with Crippen molar-refractivity contribution in [1.82, 2.24) is 14.9 Å². The lowest BCUT2D eigenvalue weighted by Gasteiger charge is -2.55. The highest BCUT2D eigenvalue weighted by Crippen LogP contribution is 2.60. The number of H-pyrrole nitrogens is 1. The largest absolute Gasteiger partial charge is 0.507 e. The molecule has 25 heavy (non-hydrogen) atoms. The van der Waals surface area contributed by atoms with Crippen molar-refractivity contribution in [1.29, 1.82) is 0 Å². The highest BCUT2D eigenvalue weighted by Gasteiger charge is 2.53. The summed E-state index contributed by atoms with van der Waals surface area (Å²) in [6.07, 6.45) is 9.49. The van der Waals surface area contributed by atoms with E-state index in [2.05, 4.69) is 15.3 Å². The van der Waals surface area contributed by atoms with Crippen molar-refractivity contribution >= 4 is 18.4 Å². The van der Waals surface area contributed by atoms with Crippen LogP contribution in [0, 0.1) is 22.5 Å². The Morgan fingerprint density at radius 2 is 1.80 bits per heavy atom. The topological polar surface area (TPSA) is 66.2 Å². The molecular weight excluding hydrogens is 332 g/mol. The zero-order chi connectivity index (χ0) is 17.0. The molecule has 0 amide bonds. The molecular formula is C19H22N4OS. The van der Waals surface area contributed by atoms with Gasteiger partial charge in [0.15, 0.2) is 5.82 Å². The normalized spacial score (nSPS) is 33.4. The Balaban J connectivity index is 1.54. The molecule has 4 fully saturated rings. The summed E-state index contributed by atoms with van der Waals surface area (Å²) >= 11 is 5.44. The van der Waals surface area contributed by atoms with Gasteiger partial charge in [-0.2, -0.15) is 14.9 Å². The first-order chi connectivity index (χ1) is 12.1. The Morgan fingerprint density at radius 1 is 1.16 bits per heavy atom. The number of hydrogen-bond donors (Lipinski definition) is 2. The van der Waals surface area contributed by atoms with Gasteiger partial charge < -0.3 is 5.11 Å². The average Bonchev–Trinajstić information content (AvgIpc) is 2.94. The predicted octanol–water partition coefficient (Wildman–Crippen LogP) is 4.00. The van der Waals surface area contributed by atoms with E-state index in [0.717, 1.165) is 23.6 Å². The van der Waals surface area contributed by atoms with Crippen LogP contribution in [0.4, 0.5) is 0 Å². The third-order valence-electron chi connectivity index (χ3n) is 6.41. The number of aromatic hydroxyl groups is 1. The van der Waals surface area contributed by atoms with Gasteiger partial charge in [0.1, 0.15) is 5.75 Å². The molecule has 6 rings (SSSR count). The van der Waals surface area contributed by atoms with E-state index in [-0.39, 0.29) is 11.2 Å². The lowest BCUT2D eigenvalue weighted by atomic mass is 9.49. The summed E-state index contributed by atoms with van der Waals surface area (Å²) in [5.41, 5.74) is 0.806. The molecule has 4 saturated carbocycles. The second-order valence-electron chi connectivity index (χ2n) is 8.17. The second-order valence-corrected chi connectivity index (χ2v) is 8.55. The van der Waals surface area contributed by atoms with Crippen LogP contribution in [0.3, 0.4) is 0 Å². The van der Waals surface area contributed by atoms with Gasteiger partial charge in [-0.3, -0.25) is 5.10 Å². The maximum absolute atomic E-state index is 9.96. The van der Waals surface area contributed by atoms with Crippen LogP contribution in [0.5, 0.6) is 5.75 Å². The Kier molecular flexibility index (Phi) is 3.39. The van der Waals surface area contributed by atoms with E-state index >= 15 is 0 Å². The van der Waals surface area contributed by atoms with Crippen LogP contribution in [0.2, 0.25) is 0 Å². The predicted molar refractivity (Wildman–Crippen MR) is 98.4 cm³/mol. The van der Waals surface area contributed by atoms with Crippen LogP contribution >= 0.6 is 12.2 Å². The minimum atomic E-state index is 0.123. The van der Waals surface area contributed by atoms with Crippen molar-refractivity contribution in [3.8, 4) is 5.75 Å². The molecule has 0 spiro atoms. The second kappa shape index (κ2) is 5.53. The molecule has 0 atom stereocenters. The minimum absolute atomic E-state index is 0.123. The van der Waals surface area contributed by atoms with E-state index in [9.17, 15) is 5.11 Å². The number of nitrogens with one attached hydrogen (secondary N) is 1. The molecule has 2 N–H and O–H groups in total. The van der Waals surface area contributed by atoms with Crippen molar-refractivity contribution < 1.29 is 5.11 Å². The molecule has 2 aromatic rings. The third-order valence-corrected chi connectivity index (χ3v) is 6.68. The molecule has 1 aromatic carbocycles. The fourth-order valence-electron chi connectivity index (χ4n) is 5.84. The zero-order valence-electron chi connectivity index (χ0n) is 14.1. The number of benzene rings is 1. The van der Waals surface area contributed by atoms with Crippen molar-refractivity contribution in [2.45, 2.75) is 43.9 Å². The van der Waals surface area contributed by atoms with Crippen molar-refractivity contribution in [3.05, 3.63) is 40.4 Å². The molecule has 0 saturated heterocycles. The summed E-state index contributed by atoms with van der Waals surface area (Å²) in [4.78, 5) is 0. The number of aromatic nitrogens is 3. The van der Waals surface area contributed by atoms with Gasteiger partial charge in [-0.25, -0.2) is 0 Å². The fourth-order valence-corrected chi connectivity index (χ4v) is 6.02. The molecule has 1 aromatic heterocycles. The van der Waals surface area contributed by atoms with E-state index in [1.165, 1.54) is 38.5 Å². The molecule has 1 heterocycles. The number of phenols is 1. The smallest absolute Gasteiger partial charge is 0.216 e. The van der Waals surface area contributed by atoms with Gasteiger partial charge in [0, 0.05) is 11.0 Å². The highest BCUT2D eigenvalue weighted by atomic mass is 32.1. The monoisotopic (exact) mass is 354 g/mol. The molecule has 4 bridgehead atoms. The fraction of sp³-hybridized carbons (Fsp3) is 0.526. The average molecular weight is 354 g/mol. The van der Waals surface area contributed by atoms with E-state index in [4.69, 9.17) is 12.2 Å². The number of para-hydroxylation sites is 1. The number of aromatic amines is 1. The molecule has 130 valence electrons. The van der Waals surface area contributed by atoms with Crippen molar-refractivity contribution in [2.75, 3.05) is 0 Å². The molecule has 6 heteroatoms. The summed E-state index contributed by atoms with van der Waals surface area (Å²) in [6, 6.07) is 7.19. The first-order valence-electron chi connectivity index (χ1n) is 9.13. The maximum atomic E-state index is 9.96. The quantitative estimate of drug-likeness (QED) is 0.647. The van der Waals surface area contributed by atoms with Gasteiger partial charge in [0.2, 0.25) is 4.77 Å². The summed E-state index contributed by atoms with van der Waals surface area (Å²) in [5.74, 6) is 3.73. The first kappa shape index (κ1) is 15.3. The van der Waals surface area contributed by atoms with Gasteiger partial charge in [0.05, 0.1) is 6.21 Å². The first-order valence-corrected chi connectivity index (χ1v) is 9.54. The Labute approximate surface area is 151 Å². The maximum Gasteiger partial charge on any atom is 0.216 e. The molecule has 0 aliphatic heterocycles. The summed E-state index contributed by atoms with van der Waals surface area (Å²) in [5, 5.41) is 22.1. The van der Waals surface area contributed by atoms with E-state index < -0.39 is 0 Å². The SMILES string of the molecule is Oc1ccccc1/C=N/n1c(C23CC4CC(CC(C4)C2)C3)n[nH]c1=S. The summed E-state index contributed by atoms with van der Waals surface area (Å²) in [7, 11) is 0. The number of nitrogens with zero attached hydrogens (tertiary/aromatic N) is 3. The van der Waals surface area contributed by atoms with Crippen LogP contribution in [0.15, 0.2) is 29.4 Å². The summed E-state index contributed by atoms with van der Waals surface area (Å²) < 4.78 is 2.31. The minimum Gasteiger partial charge on any atom is -0.507 e. The Hall–Kier alpha value is -1.95. The van der Waals surface area contributed by atoms with Crippen LogP contribution in [0.25, 0.3) is 0 Å².